The number of rotatable bonds is 6. The molecule has 0 aromatic heterocycles. The maximum absolute atomic E-state index is 12.1. The predicted molar refractivity (Wildman–Crippen MR) is 74.2 cm³/mol. The van der Waals surface area contributed by atoms with Gasteiger partial charge in [0, 0.05) is 6.54 Å². The Kier molecular flexibility index (Phi) is 5.67. The first kappa shape index (κ1) is 16.1. The lowest BCUT2D eigenvalue weighted by atomic mass is 10.2. The zero-order chi connectivity index (χ0) is 15.2. The van der Waals surface area contributed by atoms with Crippen molar-refractivity contribution < 1.29 is 13.2 Å². The highest BCUT2D eigenvalue weighted by Gasteiger charge is 2.21. The van der Waals surface area contributed by atoms with Crippen molar-refractivity contribution in [3.05, 3.63) is 29.8 Å². The normalized spacial score (nSPS) is 12.4. The van der Waals surface area contributed by atoms with Crippen LogP contribution in [0.25, 0.3) is 0 Å². The molecular formula is C13H17N3O3S. The number of hydrogen-bond acceptors (Lipinski definition) is 4. The van der Waals surface area contributed by atoms with Crippen LogP contribution in [-0.4, -0.2) is 26.9 Å². The van der Waals surface area contributed by atoms with Gasteiger partial charge in [-0.2, -0.15) is 9.98 Å². The van der Waals surface area contributed by atoms with Crippen LogP contribution in [0.3, 0.4) is 0 Å². The second-order valence-electron chi connectivity index (χ2n) is 4.27. The summed E-state index contributed by atoms with van der Waals surface area (Å²) >= 11 is 0. The first-order valence-electron chi connectivity index (χ1n) is 6.21. The number of nitrogens with zero attached hydrogens (tertiary/aromatic N) is 1. The van der Waals surface area contributed by atoms with Gasteiger partial charge in [-0.3, -0.25) is 4.79 Å². The van der Waals surface area contributed by atoms with Crippen LogP contribution in [0.4, 0.5) is 0 Å². The lowest BCUT2D eigenvalue weighted by Gasteiger charge is -2.14. The van der Waals surface area contributed by atoms with Crippen molar-refractivity contribution in [1.82, 2.24) is 10.0 Å². The van der Waals surface area contributed by atoms with Crippen molar-refractivity contribution in [2.45, 2.75) is 31.2 Å². The zero-order valence-electron chi connectivity index (χ0n) is 11.4. The molecule has 0 aliphatic heterocycles. The first-order valence-corrected chi connectivity index (χ1v) is 7.69. The molecule has 0 radical (unpaired) electrons. The van der Waals surface area contributed by atoms with E-state index in [0.29, 0.717) is 6.54 Å². The van der Waals surface area contributed by atoms with Crippen molar-refractivity contribution in [2.24, 2.45) is 0 Å². The molecule has 1 aromatic carbocycles. The molecule has 6 nitrogen and oxygen atoms in total. The fraction of sp³-hybridized carbons (Fsp3) is 0.385. The molecule has 1 rings (SSSR count). The summed E-state index contributed by atoms with van der Waals surface area (Å²) in [5.74, 6) is -0.383. The van der Waals surface area contributed by atoms with Crippen LogP contribution in [0.15, 0.2) is 29.2 Å². The first-order chi connectivity index (χ1) is 9.40. The fourth-order valence-electron chi connectivity index (χ4n) is 1.49. The Hall–Kier alpha value is -1.91. The average Bonchev–Trinajstić information content (AvgIpc) is 2.44. The second kappa shape index (κ2) is 7.03. The summed E-state index contributed by atoms with van der Waals surface area (Å²) in [5, 5.41) is 11.4. The molecule has 0 bridgehead atoms. The molecule has 0 saturated carbocycles. The minimum absolute atomic E-state index is 0.0355. The van der Waals surface area contributed by atoms with Gasteiger partial charge in [0.2, 0.25) is 15.9 Å². The van der Waals surface area contributed by atoms with Gasteiger partial charge < -0.3 is 5.32 Å². The van der Waals surface area contributed by atoms with Gasteiger partial charge in [0.15, 0.2) is 0 Å². The Bertz CT molecular complexity index is 620. The largest absolute Gasteiger partial charge is 0.355 e. The topological polar surface area (TPSA) is 99.1 Å². The Morgan fingerprint density at radius 1 is 1.45 bits per heavy atom. The highest BCUT2D eigenvalue weighted by atomic mass is 32.2. The molecule has 1 aromatic rings. The molecule has 7 heteroatoms. The number of nitriles is 1. The number of carbonyl (C=O) groups excluding carboxylic acids is 1. The minimum atomic E-state index is -3.82. The number of sulfonamides is 1. The zero-order valence-corrected chi connectivity index (χ0v) is 12.2. The van der Waals surface area contributed by atoms with Crippen LogP contribution in [-0.2, 0) is 14.8 Å². The van der Waals surface area contributed by atoms with Gasteiger partial charge in [-0.15, -0.1) is 0 Å². The van der Waals surface area contributed by atoms with E-state index in [1.807, 2.05) is 13.0 Å². The van der Waals surface area contributed by atoms with Gasteiger partial charge in [-0.25, -0.2) is 8.42 Å². The Labute approximate surface area is 118 Å². The Morgan fingerprint density at radius 2 is 2.15 bits per heavy atom. The van der Waals surface area contributed by atoms with Gasteiger partial charge in [0.05, 0.1) is 22.6 Å². The third-order valence-electron chi connectivity index (χ3n) is 2.55. The molecule has 0 heterocycles. The van der Waals surface area contributed by atoms with Crippen LogP contribution in [0.2, 0.25) is 0 Å². The van der Waals surface area contributed by atoms with Crippen LogP contribution in [0, 0.1) is 11.3 Å². The van der Waals surface area contributed by atoms with Crippen LogP contribution in [0.1, 0.15) is 25.8 Å². The van der Waals surface area contributed by atoms with E-state index >= 15 is 0 Å². The van der Waals surface area contributed by atoms with Gasteiger partial charge in [-0.05, 0) is 31.5 Å². The van der Waals surface area contributed by atoms with E-state index in [1.165, 1.54) is 31.2 Å². The van der Waals surface area contributed by atoms with Crippen molar-refractivity contribution in [3.63, 3.8) is 0 Å². The number of nitrogens with one attached hydrogen (secondary N) is 2. The number of amides is 1. The summed E-state index contributed by atoms with van der Waals surface area (Å²) in [7, 11) is -3.82. The fourth-order valence-corrected chi connectivity index (χ4v) is 2.74. The van der Waals surface area contributed by atoms with E-state index in [4.69, 9.17) is 5.26 Å². The number of hydrogen-bond donors (Lipinski definition) is 2. The lowest BCUT2D eigenvalue weighted by molar-refractivity contribution is -0.122. The van der Waals surface area contributed by atoms with Crippen molar-refractivity contribution in [3.8, 4) is 6.07 Å². The summed E-state index contributed by atoms with van der Waals surface area (Å²) in [5.41, 5.74) is 0.246. The van der Waals surface area contributed by atoms with Crippen molar-refractivity contribution in [1.29, 1.82) is 5.26 Å². The quantitative estimate of drug-likeness (QED) is 0.809. The van der Waals surface area contributed by atoms with E-state index in [-0.39, 0.29) is 16.4 Å². The lowest BCUT2D eigenvalue weighted by Crippen LogP contribution is -2.44. The maximum atomic E-state index is 12.1. The molecule has 1 amide bonds. The third kappa shape index (κ3) is 4.33. The van der Waals surface area contributed by atoms with E-state index in [2.05, 4.69) is 10.0 Å². The summed E-state index contributed by atoms with van der Waals surface area (Å²) < 4.78 is 26.5. The average molecular weight is 295 g/mol. The molecule has 1 unspecified atom stereocenters. The SMILES string of the molecule is CCCNC(=O)C(C)NS(=O)(=O)c1cccc(C#N)c1. The Balaban J connectivity index is 2.84. The summed E-state index contributed by atoms with van der Waals surface area (Å²) in [4.78, 5) is 11.6. The highest BCUT2D eigenvalue weighted by Crippen LogP contribution is 2.11. The Morgan fingerprint density at radius 3 is 2.75 bits per heavy atom. The van der Waals surface area contributed by atoms with E-state index in [9.17, 15) is 13.2 Å². The van der Waals surface area contributed by atoms with E-state index in [0.717, 1.165) is 6.42 Å². The van der Waals surface area contributed by atoms with Crippen LogP contribution < -0.4 is 10.0 Å². The van der Waals surface area contributed by atoms with Crippen molar-refractivity contribution >= 4 is 15.9 Å². The van der Waals surface area contributed by atoms with Gasteiger partial charge in [0.25, 0.3) is 0 Å². The summed E-state index contributed by atoms with van der Waals surface area (Å²) in [6, 6.07) is 6.62. The number of benzene rings is 1. The molecular weight excluding hydrogens is 278 g/mol. The highest BCUT2D eigenvalue weighted by molar-refractivity contribution is 7.89. The monoisotopic (exact) mass is 295 g/mol. The smallest absolute Gasteiger partial charge is 0.241 e. The molecule has 0 aliphatic carbocycles. The summed E-state index contributed by atoms with van der Waals surface area (Å²) in [6.45, 7) is 3.87. The summed E-state index contributed by atoms with van der Waals surface area (Å²) in [6.07, 6.45) is 0.773. The van der Waals surface area contributed by atoms with Crippen LogP contribution in [0.5, 0.6) is 0 Å². The maximum Gasteiger partial charge on any atom is 0.241 e. The van der Waals surface area contributed by atoms with E-state index in [1.54, 1.807) is 0 Å². The molecule has 0 spiro atoms. The third-order valence-corrected chi connectivity index (χ3v) is 4.09. The van der Waals surface area contributed by atoms with Gasteiger partial charge in [0.1, 0.15) is 0 Å². The molecule has 0 saturated heterocycles. The van der Waals surface area contributed by atoms with Gasteiger partial charge >= 0.3 is 0 Å². The van der Waals surface area contributed by atoms with Crippen molar-refractivity contribution in [2.75, 3.05) is 6.54 Å². The molecule has 108 valence electrons. The molecule has 0 aliphatic rings. The second-order valence-corrected chi connectivity index (χ2v) is 5.99. The van der Waals surface area contributed by atoms with Gasteiger partial charge in [-0.1, -0.05) is 13.0 Å². The predicted octanol–water partition coefficient (Wildman–Crippen LogP) is 0.751. The molecule has 20 heavy (non-hydrogen) atoms. The molecule has 1 atom stereocenters. The molecule has 2 N–H and O–H groups in total. The van der Waals surface area contributed by atoms with E-state index < -0.39 is 16.1 Å². The molecule has 0 fully saturated rings. The standard InChI is InChI=1S/C13H17N3O3S/c1-3-7-15-13(17)10(2)16-20(18,19)12-6-4-5-11(8-12)9-14/h4-6,8,10,16H,3,7H2,1-2H3,(H,15,17). The van der Waals surface area contributed by atoms with Crippen LogP contribution >= 0.6 is 0 Å². The number of carbonyl (C=O) groups is 1. The minimum Gasteiger partial charge on any atom is -0.355 e.